The van der Waals surface area contributed by atoms with Crippen LogP contribution in [0.2, 0.25) is 0 Å². The summed E-state index contributed by atoms with van der Waals surface area (Å²) in [6, 6.07) is 8.16. The molecular weight excluding hydrogens is 266 g/mol. The quantitative estimate of drug-likeness (QED) is 0.850. The third-order valence-electron chi connectivity index (χ3n) is 3.60. The van der Waals surface area contributed by atoms with Crippen molar-refractivity contribution in [1.82, 2.24) is 4.90 Å². The van der Waals surface area contributed by atoms with Gasteiger partial charge in [-0.15, -0.1) is 0 Å². The van der Waals surface area contributed by atoms with Crippen LogP contribution in [-0.2, 0) is 4.74 Å². The highest BCUT2D eigenvalue weighted by molar-refractivity contribution is 5.67. The first kappa shape index (κ1) is 15.7. The lowest BCUT2D eigenvalue weighted by molar-refractivity contribution is 0.0292. The van der Waals surface area contributed by atoms with Crippen molar-refractivity contribution in [2.75, 3.05) is 20.2 Å². The Morgan fingerprint density at radius 3 is 2.81 bits per heavy atom. The number of para-hydroxylation sites is 1. The van der Waals surface area contributed by atoms with E-state index in [1.807, 2.05) is 39.0 Å². The van der Waals surface area contributed by atoms with Gasteiger partial charge in [-0.3, -0.25) is 0 Å². The van der Waals surface area contributed by atoms with E-state index in [0.29, 0.717) is 12.5 Å². The summed E-state index contributed by atoms with van der Waals surface area (Å²) in [6.07, 6.45) is 1.66. The second kappa shape index (κ2) is 6.37. The summed E-state index contributed by atoms with van der Waals surface area (Å²) in [5, 5.41) is 0. The molecule has 1 aromatic rings. The number of amides is 1. The van der Waals surface area contributed by atoms with Crippen molar-refractivity contribution in [3.63, 3.8) is 0 Å². The number of carbonyl (C=O) groups is 1. The molecule has 0 bridgehead atoms. The van der Waals surface area contributed by atoms with E-state index in [1.165, 1.54) is 5.56 Å². The molecule has 1 amide bonds. The molecule has 4 heteroatoms. The molecule has 116 valence electrons. The molecule has 0 fully saturated rings. The number of fused-ring (bicyclic) bond motifs is 1. The molecule has 1 aliphatic heterocycles. The minimum Gasteiger partial charge on any atom is -0.493 e. The second-order valence-corrected chi connectivity index (χ2v) is 6.56. The van der Waals surface area contributed by atoms with E-state index < -0.39 is 5.60 Å². The highest BCUT2D eigenvalue weighted by Crippen LogP contribution is 2.35. The van der Waals surface area contributed by atoms with Crippen LogP contribution in [0.3, 0.4) is 0 Å². The molecule has 1 heterocycles. The molecule has 0 spiro atoms. The number of hydrogen-bond donors (Lipinski definition) is 0. The molecule has 1 aliphatic rings. The average Bonchev–Trinajstić information content (AvgIpc) is 2.42. The Labute approximate surface area is 127 Å². The Morgan fingerprint density at radius 1 is 1.38 bits per heavy atom. The molecule has 0 radical (unpaired) electrons. The van der Waals surface area contributed by atoms with Gasteiger partial charge in [0.25, 0.3) is 0 Å². The molecule has 0 aliphatic carbocycles. The molecule has 21 heavy (non-hydrogen) atoms. The van der Waals surface area contributed by atoms with E-state index in [9.17, 15) is 4.79 Å². The highest BCUT2D eigenvalue weighted by Gasteiger charge is 2.23. The predicted molar refractivity (Wildman–Crippen MR) is 82.8 cm³/mol. The van der Waals surface area contributed by atoms with Crippen molar-refractivity contribution in [3.05, 3.63) is 29.8 Å². The fraction of sp³-hybridized carbons (Fsp3) is 0.588. The summed E-state index contributed by atoms with van der Waals surface area (Å²) in [7, 11) is 1.79. The number of rotatable bonds is 3. The van der Waals surface area contributed by atoms with Crippen molar-refractivity contribution in [2.45, 2.75) is 45.1 Å². The Balaban J connectivity index is 1.91. The van der Waals surface area contributed by atoms with Crippen LogP contribution in [0.1, 0.15) is 45.1 Å². The van der Waals surface area contributed by atoms with Crippen LogP contribution < -0.4 is 4.74 Å². The van der Waals surface area contributed by atoms with E-state index >= 15 is 0 Å². The standard InChI is InChI=1S/C17H25NO3/c1-17(2,3)21-16(19)18(4)11-9-13-10-12-20-15-8-6-5-7-14(13)15/h5-8,13H,9-12H2,1-4H3. The smallest absolute Gasteiger partial charge is 0.410 e. The van der Waals surface area contributed by atoms with Crippen molar-refractivity contribution in [3.8, 4) is 5.75 Å². The van der Waals surface area contributed by atoms with E-state index in [-0.39, 0.29) is 6.09 Å². The Hall–Kier alpha value is -1.71. The highest BCUT2D eigenvalue weighted by atomic mass is 16.6. The Morgan fingerprint density at radius 2 is 2.10 bits per heavy atom. The molecular formula is C17H25NO3. The van der Waals surface area contributed by atoms with Gasteiger partial charge in [0.2, 0.25) is 0 Å². The number of benzene rings is 1. The zero-order valence-corrected chi connectivity index (χ0v) is 13.4. The Kier molecular flexibility index (Phi) is 4.76. The molecule has 4 nitrogen and oxygen atoms in total. The minimum absolute atomic E-state index is 0.261. The summed E-state index contributed by atoms with van der Waals surface area (Å²) in [6.45, 7) is 7.08. The van der Waals surface area contributed by atoms with Gasteiger partial charge in [0.15, 0.2) is 0 Å². The van der Waals surface area contributed by atoms with Gasteiger partial charge in [0, 0.05) is 13.6 Å². The van der Waals surface area contributed by atoms with Crippen LogP contribution in [0.15, 0.2) is 24.3 Å². The Bertz CT molecular complexity index is 493. The summed E-state index contributed by atoms with van der Waals surface area (Å²) in [5.74, 6) is 1.42. The van der Waals surface area contributed by atoms with Gasteiger partial charge < -0.3 is 14.4 Å². The molecule has 0 saturated heterocycles. The van der Waals surface area contributed by atoms with E-state index in [0.717, 1.165) is 25.2 Å². The SMILES string of the molecule is CN(CCC1CCOc2ccccc21)C(=O)OC(C)(C)C. The lowest BCUT2D eigenvalue weighted by atomic mass is 9.90. The number of nitrogens with zero attached hydrogens (tertiary/aromatic N) is 1. The third-order valence-corrected chi connectivity index (χ3v) is 3.60. The predicted octanol–water partition coefficient (Wildman–Crippen LogP) is 3.81. The lowest BCUT2D eigenvalue weighted by Gasteiger charge is -2.28. The second-order valence-electron chi connectivity index (χ2n) is 6.56. The molecule has 0 aromatic heterocycles. The average molecular weight is 291 g/mol. The van der Waals surface area contributed by atoms with Gasteiger partial charge in [-0.2, -0.15) is 0 Å². The fourth-order valence-electron chi connectivity index (χ4n) is 2.50. The molecule has 1 atom stereocenters. The lowest BCUT2D eigenvalue weighted by Crippen LogP contribution is -2.35. The van der Waals surface area contributed by atoms with Gasteiger partial charge in [-0.1, -0.05) is 18.2 Å². The van der Waals surface area contributed by atoms with Gasteiger partial charge in [0.1, 0.15) is 11.4 Å². The van der Waals surface area contributed by atoms with Gasteiger partial charge in [-0.25, -0.2) is 4.79 Å². The van der Waals surface area contributed by atoms with E-state index in [2.05, 4.69) is 6.07 Å². The van der Waals surface area contributed by atoms with Crippen molar-refractivity contribution in [1.29, 1.82) is 0 Å². The first-order valence-corrected chi connectivity index (χ1v) is 7.52. The van der Waals surface area contributed by atoms with Gasteiger partial charge in [0.05, 0.1) is 6.61 Å². The number of hydrogen-bond acceptors (Lipinski definition) is 3. The van der Waals surface area contributed by atoms with Gasteiger partial charge >= 0.3 is 6.09 Å². The van der Waals surface area contributed by atoms with Crippen LogP contribution in [-0.4, -0.2) is 36.8 Å². The van der Waals surface area contributed by atoms with E-state index in [4.69, 9.17) is 9.47 Å². The zero-order chi connectivity index (χ0) is 15.5. The van der Waals surface area contributed by atoms with Crippen LogP contribution in [0.5, 0.6) is 5.75 Å². The van der Waals surface area contributed by atoms with Crippen LogP contribution in [0.25, 0.3) is 0 Å². The largest absolute Gasteiger partial charge is 0.493 e. The number of carbonyl (C=O) groups excluding carboxylic acids is 1. The zero-order valence-electron chi connectivity index (χ0n) is 13.4. The van der Waals surface area contributed by atoms with Gasteiger partial charge in [-0.05, 0) is 51.2 Å². The summed E-state index contributed by atoms with van der Waals surface area (Å²) < 4.78 is 11.0. The summed E-state index contributed by atoms with van der Waals surface area (Å²) in [5.41, 5.74) is 0.803. The maximum absolute atomic E-state index is 12.0. The first-order chi connectivity index (χ1) is 9.87. The van der Waals surface area contributed by atoms with Crippen LogP contribution in [0, 0.1) is 0 Å². The maximum Gasteiger partial charge on any atom is 0.410 e. The van der Waals surface area contributed by atoms with E-state index in [1.54, 1.807) is 11.9 Å². The van der Waals surface area contributed by atoms with Crippen molar-refractivity contribution < 1.29 is 14.3 Å². The first-order valence-electron chi connectivity index (χ1n) is 7.52. The monoisotopic (exact) mass is 291 g/mol. The molecule has 1 unspecified atom stereocenters. The molecule has 0 saturated carbocycles. The number of ether oxygens (including phenoxy) is 2. The summed E-state index contributed by atoms with van der Waals surface area (Å²) in [4.78, 5) is 13.6. The molecule has 0 N–H and O–H groups in total. The maximum atomic E-state index is 12.0. The van der Waals surface area contributed by atoms with Crippen molar-refractivity contribution >= 4 is 6.09 Å². The van der Waals surface area contributed by atoms with Crippen LogP contribution in [0.4, 0.5) is 4.79 Å². The normalized spacial score (nSPS) is 17.6. The summed E-state index contributed by atoms with van der Waals surface area (Å²) >= 11 is 0. The molecule has 1 aromatic carbocycles. The topological polar surface area (TPSA) is 38.8 Å². The molecule has 2 rings (SSSR count). The van der Waals surface area contributed by atoms with Crippen LogP contribution >= 0.6 is 0 Å². The minimum atomic E-state index is -0.448. The fourth-order valence-corrected chi connectivity index (χ4v) is 2.50. The van der Waals surface area contributed by atoms with Crippen molar-refractivity contribution in [2.24, 2.45) is 0 Å². The third kappa shape index (κ3) is 4.38.